The fraction of sp³-hybridized carbons (Fsp3) is 0.435. The number of hydrogen-bond donors (Lipinski definition) is 2. The summed E-state index contributed by atoms with van der Waals surface area (Å²) >= 11 is 0. The number of ether oxygens (including phenoxy) is 1. The molecule has 2 aromatic rings. The molecule has 29 heavy (non-hydrogen) atoms. The van der Waals surface area contributed by atoms with E-state index in [0.717, 1.165) is 11.3 Å². The molecule has 0 unspecified atom stereocenters. The summed E-state index contributed by atoms with van der Waals surface area (Å²) in [6.07, 6.45) is 0.121. The molecule has 0 atom stereocenters. The minimum atomic E-state index is -1.04. The molecule has 1 amide bonds. The van der Waals surface area contributed by atoms with Gasteiger partial charge in [0.05, 0.1) is 11.3 Å². The van der Waals surface area contributed by atoms with Gasteiger partial charge >= 0.3 is 12.1 Å². The summed E-state index contributed by atoms with van der Waals surface area (Å²) in [5.41, 5.74) is 2.87. The quantitative estimate of drug-likeness (QED) is 0.716. The Bertz CT molecular complexity index is 884. The van der Waals surface area contributed by atoms with Crippen LogP contribution in [0.15, 0.2) is 30.3 Å². The summed E-state index contributed by atoms with van der Waals surface area (Å²) in [5.74, 6) is -0.718. The molecular weight excluding hydrogens is 368 g/mol. The van der Waals surface area contributed by atoms with Crippen LogP contribution < -0.4 is 5.32 Å². The SMILES string of the molecule is Cc1nc(CC(C)C)c(CNC(=O)OC(C)(C)C)c(-c2ccccc2)c1C(=O)O. The van der Waals surface area contributed by atoms with Crippen molar-refractivity contribution in [1.82, 2.24) is 10.3 Å². The van der Waals surface area contributed by atoms with Crippen molar-refractivity contribution in [2.45, 2.75) is 60.1 Å². The normalized spacial score (nSPS) is 11.4. The van der Waals surface area contributed by atoms with Crippen LogP contribution in [0.5, 0.6) is 0 Å². The summed E-state index contributed by atoms with van der Waals surface area (Å²) in [7, 11) is 0. The Labute approximate surface area is 172 Å². The number of rotatable bonds is 6. The van der Waals surface area contributed by atoms with Crippen molar-refractivity contribution in [3.05, 3.63) is 52.8 Å². The number of nitrogens with one attached hydrogen (secondary N) is 1. The number of carboxylic acids is 1. The largest absolute Gasteiger partial charge is 0.478 e. The third-order valence-corrected chi connectivity index (χ3v) is 4.25. The van der Waals surface area contributed by atoms with E-state index in [4.69, 9.17) is 4.74 Å². The maximum atomic E-state index is 12.2. The molecule has 2 N–H and O–H groups in total. The number of carbonyl (C=O) groups is 2. The number of nitrogens with zero attached hydrogens (tertiary/aromatic N) is 1. The maximum Gasteiger partial charge on any atom is 0.407 e. The molecule has 1 aromatic heterocycles. The van der Waals surface area contributed by atoms with Crippen LogP contribution in [0.4, 0.5) is 4.79 Å². The van der Waals surface area contributed by atoms with Crippen LogP contribution in [0.2, 0.25) is 0 Å². The average molecular weight is 399 g/mol. The summed E-state index contributed by atoms with van der Waals surface area (Å²) in [6.45, 7) is 11.4. The molecule has 0 aliphatic heterocycles. The van der Waals surface area contributed by atoms with Gasteiger partial charge in [0.15, 0.2) is 0 Å². The van der Waals surface area contributed by atoms with Crippen LogP contribution in [-0.2, 0) is 17.7 Å². The molecule has 1 heterocycles. The van der Waals surface area contributed by atoms with E-state index in [-0.39, 0.29) is 12.1 Å². The minimum Gasteiger partial charge on any atom is -0.478 e. The molecule has 0 saturated heterocycles. The van der Waals surface area contributed by atoms with E-state index in [1.165, 1.54) is 0 Å². The Morgan fingerprint density at radius 3 is 2.31 bits per heavy atom. The molecule has 1 aromatic carbocycles. The van der Waals surface area contributed by atoms with Gasteiger partial charge in [-0.05, 0) is 45.6 Å². The van der Waals surface area contributed by atoms with Crippen molar-refractivity contribution in [1.29, 1.82) is 0 Å². The first kappa shape index (κ1) is 22.4. The smallest absolute Gasteiger partial charge is 0.407 e. The first-order valence-electron chi connectivity index (χ1n) is 9.77. The zero-order valence-electron chi connectivity index (χ0n) is 18.0. The average Bonchev–Trinajstić information content (AvgIpc) is 2.58. The number of carboxylic acid groups (broad SMARTS) is 1. The van der Waals surface area contributed by atoms with Gasteiger partial charge in [-0.1, -0.05) is 44.2 Å². The molecular formula is C23H30N2O4. The lowest BCUT2D eigenvalue weighted by atomic mass is 9.90. The molecule has 0 spiro atoms. The van der Waals surface area contributed by atoms with Crippen LogP contribution in [0.25, 0.3) is 11.1 Å². The van der Waals surface area contributed by atoms with Gasteiger partial charge in [0.25, 0.3) is 0 Å². The third kappa shape index (κ3) is 6.04. The Hall–Kier alpha value is -2.89. The molecule has 0 radical (unpaired) electrons. The second-order valence-electron chi connectivity index (χ2n) is 8.50. The van der Waals surface area contributed by atoms with Crippen LogP contribution >= 0.6 is 0 Å². The zero-order valence-corrected chi connectivity index (χ0v) is 18.0. The topological polar surface area (TPSA) is 88.5 Å². The number of aromatic carboxylic acids is 1. The van der Waals surface area contributed by atoms with Crippen molar-refractivity contribution in [2.75, 3.05) is 0 Å². The first-order chi connectivity index (χ1) is 13.5. The molecule has 0 aliphatic rings. The number of benzene rings is 1. The molecule has 156 valence electrons. The summed E-state index contributed by atoms with van der Waals surface area (Å²) < 4.78 is 5.34. The second-order valence-corrected chi connectivity index (χ2v) is 8.50. The minimum absolute atomic E-state index is 0.134. The van der Waals surface area contributed by atoms with E-state index in [2.05, 4.69) is 24.1 Å². The number of alkyl carbamates (subject to hydrolysis) is 1. The summed E-state index contributed by atoms with van der Waals surface area (Å²) in [4.78, 5) is 28.9. The maximum absolute atomic E-state index is 12.2. The van der Waals surface area contributed by atoms with E-state index < -0.39 is 17.7 Å². The number of aromatic nitrogens is 1. The van der Waals surface area contributed by atoms with Crippen molar-refractivity contribution < 1.29 is 19.4 Å². The molecule has 0 saturated carbocycles. The zero-order chi connectivity index (χ0) is 21.8. The Balaban J connectivity index is 2.61. The molecule has 2 rings (SSSR count). The first-order valence-corrected chi connectivity index (χ1v) is 9.77. The molecule has 0 aliphatic carbocycles. The Morgan fingerprint density at radius 2 is 1.79 bits per heavy atom. The second kappa shape index (κ2) is 9.07. The predicted octanol–water partition coefficient (Wildman–Crippen LogP) is 4.98. The number of amides is 1. The monoisotopic (exact) mass is 398 g/mol. The standard InChI is InChI=1S/C23H30N2O4/c1-14(2)12-18-17(13-24-22(28)29-23(4,5)6)20(16-10-8-7-9-11-16)19(21(26)27)15(3)25-18/h7-11,14H,12-13H2,1-6H3,(H,24,28)(H,26,27). The van der Waals surface area contributed by atoms with E-state index in [1.54, 1.807) is 27.7 Å². The van der Waals surface area contributed by atoms with E-state index in [9.17, 15) is 14.7 Å². The van der Waals surface area contributed by atoms with Gasteiger partial charge in [-0.25, -0.2) is 9.59 Å². The van der Waals surface area contributed by atoms with Gasteiger partial charge < -0.3 is 15.2 Å². The van der Waals surface area contributed by atoms with Gasteiger partial charge in [0.2, 0.25) is 0 Å². The van der Waals surface area contributed by atoms with Crippen LogP contribution in [0.1, 0.15) is 61.9 Å². The van der Waals surface area contributed by atoms with E-state index in [0.29, 0.717) is 29.2 Å². The van der Waals surface area contributed by atoms with E-state index in [1.807, 2.05) is 30.3 Å². The van der Waals surface area contributed by atoms with Gasteiger partial charge in [0, 0.05) is 23.4 Å². The van der Waals surface area contributed by atoms with Crippen molar-refractivity contribution >= 4 is 12.1 Å². The van der Waals surface area contributed by atoms with Crippen molar-refractivity contribution in [3.63, 3.8) is 0 Å². The highest BCUT2D eigenvalue weighted by atomic mass is 16.6. The highest BCUT2D eigenvalue weighted by molar-refractivity contribution is 5.98. The van der Waals surface area contributed by atoms with Crippen molar-refractivity contribution in [2.24, 2.45) is 5.92 Å². The molecule has 6 nitrogen and oxygen atoms in total. The number of pyridine rings is 1. The Morgan fingerprint density at radius 1 is 1.17 bits per heavy atom. The number of carbonyl (C=O) groups excluding carboxylic acids is 1. The third-order valence-electron chi connectivity index (χ3n) is 4.25. The molecule has 6 heteroatoms. The van der Waals surface area contributed by atoms with Crippen LogP contribution in [0, 0.1) is 12.8 Å². The highest BCUT2D eigenvalue weighted by Gasteiger charge is 2.24. The van der Waals surface area contributed by atoms with Gasteiger partial charge in [-0.3, -0.25) is 4.98 Å². The van der Waals surface area contributed by atoms with Crippen LogP contribution in [-0.4, -0.2) is 27.8 Å². The van der Waals surface area contributed by atoms with Gasteiger partial charge in [-0.2, -0.15) is 0 Å². The lowest BCUT2D eigenvalue weighted by molar-refractivity contribution is 0.0523. The molecule has 0 fully saturated rings. The van der Waals surface area contributed by atoms with Crippen molar-refractivity contribution in [3.8, 4) is 11.1 Å². The van der Waals surface area contributed by atoms with E-state index >= 15 is 0 Å². The highest BCUT2D eigenvalue weighted by Crippen LogP contribution is 2.32. The lowest BCUT2D eigenvalue weighted by Crippen LogP contribution is -2.32. The van der Waals surface area contributed by atoms with Crippen LogP contribution in [0.3, 0.4) is 0 Å². The van der Waals surface area contributed by atoms with Gasteiger partial charge in [0.1, 0.15) is 5.60 Å². The predicted molar refractivity (Wildman–Crippen MR) is 113 cm³/mol. The number of aryl methyl sites for hydroxylation is 1. The molecule has 0 bridgehead atoms. The fourth-order valence-corrected chi connectivity index (χ4v) is 3.21. The number of hydrogen-bond acceptors (Lipinski definition) is 4. The fourth-order valence-electron chi connectivity index (χ4n) is 3.21. The van der Waals surface area contributed by atoms with Gasteiger partial charge in [-0.15, -0.1) is 0 Å². The summed E-state index contributed by atoms with van der Waals surface area (Å²) in [6, 6.07) is 9.36. The lowest BCUT2D eigenvalue weighted by Gasteiger charge is -2.22. The summed E-state index contributed by atoms with van der Waals surface area (Å²) in [5, 5.41) is 12.7. The Kier molecular flexibility index (Phi) is 7.01.